The molecule has 3 N–H and O–H groups in total. The van der Waals surface area contributed by atoms with Crippen LogP contribution in [0, 0.1) is 0 Å². The van der Waals surface area contributed by atoms with Gasteiger partial charge in [-0.25, -0.2) is 0 Å². The Hall–Kier alpha value is -0.890. The molecule has 0 fully saturated rings. The van der Waals surface area contributed by atoms with Gasteiger partial charge in [-0.3, -0.25) is 0 Å². The van der Waals surface area contributed by atoms with Crippen molar-refractivity contribution in [3.8, 4) is 0 Å². The summed E-state index contributed by atoms with van der Waals surface area (Å²) >= 11 is -0.0655. The van der Waals surface area contributed by atoms with E-state index in [-0.39, 0.29) is 27.1 Å². The van der Waals surface area contributed by atoms with Crippen molar-refractivity contribution in [2.75, 3.05) is 19.7 Å². The Morgan fingerprint density at radius 2 is 2.38 bits per heavy atom. The molecule has 0 atom stereocenters. The van der Waals surface area contributed by atoms with Gasteiger partial charge in [0, 0.05) is 0 Å². The van der Waals surface area contributed by atoms with Crippen LogP contribution in [0.15, 0.2) is 25.1 Å². The molecule has 0 bridgehead atoms. The molecule has 0 aliphatic carbocycles. The standard InChI is InChI=1S/C10H15IN3O2/c1-8-2-3-11-6-9(14-8)12-4-5-13-10(16)7-15/h2-3,6,12,15H,4-5,7H2,1H3,(H,13,16)/q-1. The molecule has 1 amide bonds. The second kappa shape index (κ2) is 7.39. The van der Waals surface area contributed by atoms with E-state index in [1.807, 2.05) is 13.0 Å². The zero-order valence-corrected chi connectivity index (χ0v) is 11.2. The molecule has 0 aromatic carbocycles. The topological polar surface area (TPSA) is 73.7 Å². The van der Waals surface area contributed by atoms with Crippen molar-refractivity contribution < 1.29 is 31.1 Å². The van der Waals surface area contributed by atoms with Gasteiger partial charge in [0.2, 0.25) is 0 Å². The summed E-state index contributed by atoms with van der Waals surface area (Å²) in [6.07, 6.45) is 2.02. The molecule has 0 saturated heterocycles. The fourth-order valence-corrected chi connectivity index (χ4v) is 2.64. The van der Waals surface area contributed by atoms with Crippen LogP contribution in [-0.2, 0) is 4.79 Å². The molecule has 0 unspecified atom stereocenters. The molecule has 1 aliphatic rings. The van der Waals surface area contributed by atoms with E-state index < -0.39 is 6.61 Å². The first-order valence-electron chi connectivity index (χ1n) is 4.88. The summed E-state index contributed by atoms with van der Waals surface area (Å²) in [6.45, 7) is 2.58. The Balaban J connectivity index is 2.25. The number of amides is 1. The average molecular weight is 336 g/mol. The minimum atomic E-state index is -0.463. The monoisotopic (exact) mass is 336 g/mol. The Morgan fingerprint density at radius 1 is 1.56 bits per heavy atom. The normalized spacial score (nSPS) is 15.4. The zero-order chi connectivity index (χ0) is 11.8. The van der Waals surface area contributed by atoms with Gasteiger partial charge in [-0.2, -0.15) is 0 Å². The van der Waals surface area contributed by atoms with Crippen LogP contribution in [0.25, 0.3) is 0 Å². The first-order valence-corrected chi connectivity index (χ1v) is 7.37. The fourth-order valence-electron chi connectivity index (χ4n) is 1.00. The molecule has 1 heterocycles. The molecule has 1 rings (SSSR count). The van der Waals surface area contributed by atoms with E-state index in [2.05, 4.69) is 23.8 Å². The van der Waals surface area contributed by atoms with Gasteiger partial charge in [0.05, 0.1) is 0 Å². The third kappa shape index (κ3) is 5.26. The third-order valence-electron chi connectivity index (χ3n) is 1.74. The van der Waals surface area contributed by atoms with E-state index in [1.165, 1.54) is 0 Å². The van der Waals surface area contributed by atoms with Gasteiger partial charge >= 0.3 is 105 Å². The van der Waals surface area contributed by atoms with Crippen molar-refractivity contribution in [3.05, 3.63) is 20.1 Å². The summed E-state index contributed by atoms with van der Waals surface area (Å²) in [6, 6.07) is 0. The third-order valence-corrected chi connectivity index (χ3v) is 3.46. The molecule has 1 aliphatic heterocycles. The fraction of sp³-hybridized carbons (Fsp3) is 0.400. The molecule has 0 aromatic rings. The number of carbonyl (C=O) groups excluding carboxylic acids is 1. The van der Waals surface area contributed by atoms with E-state index >= 15 is 0 Å². The molecule has 16 heavy (non-hydrogen) atoms. The number of aliphatic hydroxyl groups excluding tert-OH is 1. The van der Waals surface area contributed by atoms with Gasteiger partial charge in [-0.1, -0.05) is 0 Å². The van der Waals surface area contributed by atoms with E-state index in [9.17, 15) is 4.79 Å². The van der Waals surface area contributed by atoms with Crippen molar-refractivity contribution in [2.45, 2.75) is 6.92 Å². The zero-order valence-electron chi connectivity index (χ0n) is 9.03. The Labute approximate surface area is 105 Å². The van der Waals surface area contributed by atoms with Gasteiger partial charge in [0.1, 0.15) is 0 Å². The van der Waals surface area contributed by atoms with Gasteiger partial charge < -0.3 is 0 Å². The predicted octanol–water partition coefficient (Wildman–Crippen LogP) is -3.44. The second-order valence-electron chi connectivity index (χ2n) is 3.10. The van der Waals surface area contributed by atoms with E-state index in [4.69, 9.17) is 5.11 Å². The summed E-state index contributed by atoms with van der Waals surface area (Å²) in [4.78, 5) is 15.1. The number of aliphatic hydroxyl groups is 1. The van der Waals surface area contributed by atoms with E-state index in [0.29, 0.717) is 13.1 Å². The summed E-state index contributed by atoms with van der Waals surface area (Å²) in [5, 5.41) is 14.2. The number of nitrogens with one attached hydrogen (secondary N) is 2. The van der Waals surface area contributed by atoms with Crippen LogP contribution >= 0.6 is 0 Å². The number of aliphatic imine (C=N–C) groups is 1. The molecule has 6 heteroatoms. The molecular weight excluding hydrogens is 321 g/mol. The molecule has 0 saturated carbocycles. The molecule has 0 spiro atoms. The number of rotatable bonds is 5. The SMILES string of the molecule is CC1=NC(NCCNC(=O)CO)=C[I-]C=C1. The minimum absolute atomic E-state index is 0.0655. The van der Waals surface area contributed by atoms with Gasteiger partial charge in [-0.15, -0.1) is 0 Å². The average Bonchev–Trinajstić information content (AvgIpc) is 2.48. The van der Waals surface area contributed by atoms with Crippen molar-refractivity contribution in [1.82, 2.24) is 10.6 Å². The van der Waals surface area contributed by atoms with E-state index in [0.717, 1.165) is 11.5 Å². The summed E-state index contributed by atoms with van der Waals surface area (Å²) < 4.78 is 4.25. The van der Waals surface area contributed by atoms with Crippen LogP contribution in [0.1, 0.15) is 6.92 Å². The van der Waals surface area contributed by atoms with Crippen molar-refractivity contribution >= 4 is 11.6 Å². The van der Waals surface area contributed by atoms with Crippen molar-refractivity contribution in [3.63, 3.8) is 0 Å². The van der Waals surface area contributed by atoms with Crippen LogP contribution in [-0.4, -0.2) is 36.4 Å². The number of hydrogen-bond acceptors (Lipinski definition) is 4. The Kier molecular flexibility index (Phi) is 6.09. The van der Waals surface area contributed by atoms with Crippen LogP contribution < -0.4 is 31.8 Å². The first kappa shape index (κ1) is 13.2. The second-order valence-corrected chi connectivity index (χ2v) is 5.16. The molecule has 90 valence electrons. The first-order chi connectivity index (χ1) is 7.72. The van der Waals surface area contributed by atoms with Crippen LogP contribution in [0.5, 0.6) is 0 Å². The Bertz CT molecular complexity index is 337. The van der Waals surface area contributed by atoms with Crippen LogP contribution in [0.2, 0.25) is 0 Å². The summed E-state index contributed by atoms with van der Waals surface area (Å²) in [7, 11) is 0. The van der Waals surface area contributed by atoms with Gasteiger partial charge in [0.15, 0.2) is 0 Å². The van der Waals surface area contributed by atoms with Crippen LogP contribution in [0.4, 0.5) is 0 Å². The quantitative estimate of drug-likeness (QED) is 0.361. The molecule has 0 aromatic heterocycles. The predicted molar refractivity (Wildman–Crippen MR) is 58.4 cm³/mol. The number of nitrogens with zero attached hydrogens (tertiary/aromatic N) is 1. The summed E-state index contributed by atoms with van der Waals surface area (Å²) in [5.41, 5.74) is 0.982. The summed E-state index contributed by atoms with van der Waals surface area (Å²) in [5.74, 6) is 0.513. The Morgan fingerprint density at radius 3 is 3.12 bits per heavy atom. The number of halogens is 1. The number of carbonyl (C=O) groups is 1. The molecule has 5 nitrogen and oxygen atoms in total. The van der Waals surface area contributed by atoms with Crippen LogP contribution in [0.3, 0.4) is 0 Å². The number of hydrogen-bond donors (Lipinski definition) is 3. The van der Waals surface area contributed by atoms with Gasteiger partial charge in [0.25, 0.3) is 0 Å². The number of allylic oxidation sites excluding steroid dienone is 1. The van der Waals surface area contributed by atoms with E-state index in [1.54, 1.807) is 0 Å². The maximum absolute atomic E-state index is 10.7. The maximum atomic E-state index is 10.7. The molecular formula is C10H15IN3O2-. The van der Waals surface area contributed by atoms with Gasteiger partial charge in [-0.05, 0) is 0 Å². The van der Waals surface area contributed by atoms with Crippen molar-refractivity contribution in [2.24, 2.45) is 4.99 Å². The molecule has 0 radical (unpaired) electrons. The van der Waals surface area contributed by atoms with Crippen molar-refractivity contribution in [1.29, 1.82) is 0 Å².